The Balaban J connectivity index is 2.18. The Morgan fingerprint density at radius 3 is 2.60 bits per heavy atom. The minimum Gasteiger partial charge on any atom is -0.469 e. The summed E-state index contributed by atoms with van der Waals surface area (Å²) >= 11 is 1.41. The summed E-state index contributed by atoms with van der Waals surface area (Å²) in [6.07, 6.45) is 0. The molecule has 2 heterocycles. The van der Waals surface area contributed by atoms with Crippen molar-refractivity contribution < 1.29 is 23.9 Å². The summed E-state index contributed by atoms with van der Waals surface area (Å²) in [5.74, 6) is -0.506. The summed E-state index contributed by atoms with van der Waals surface area (Å²) in [5, 5.41) is 2.25. The van der Waals surface area contributed by atoms with Crippen molar-refractivity contribution in [2.24, 2.45) is 5.41 Å². The number of nitrogens with zero attached hydrogens (tertiary/aromatic N) is 1. The predicted octanol–water partition coefficient (Wildman–Crippen LogP) is -0.440. The number of hydrogen-bond acceptors (Lipinski definition) is 6. The number of nitrogens with one attached hydrogen (secondary N) is 1. The van der Waals surface area contributed by atoms with Crippen LogP contribution in [-0.4, -0.2) is 60.3 Å². The zero-order valence-electron chi connectivity index (χ0n) is 11.9. The molecule has 7 nitrogen and oxygen atoms in total. The van der Waals surface area contributed by atoms with Gasteiger partial charge in [-0.05, 0) is 6.92 Å². The standard InChI is InChI=1S/C12H18N2O5S/c1-7(15)13-12(19-4)8(16)14-5-11(2,10(17)18-3)6-20-9(12)14/h9H,5-6H2,1-4H3,(H,13,15)/t9-,11?,12?/m1/s1. The van der Waals surface area contributed by atoms with Crippen molar-refractivity contribution in [1.29, 1.82) is 0 Å². The van der Waals surface area contributed by atoms with Gasteiger partial charge in [0.15, 0.2) is 0 Å². The van der Waals surface area contributed by atoms with Crippen molar-refractivity contribution >= 4 is 29.5 Å². The largest absolute Gasteiger partial charge is 0.469 e. The second kappa shape index (κ2) is 4.92. The van der Waals surface area contributed by atoms with Crippen molar-refractivity contribution in [3.8, 4) is 0 Å². The van der Waals surface area contributed by atoms with Crippen LogP contribution in [0, 0.1) is 5.41 Å². The van der Waals surface area contributed by atoms with E-state index in [0.29, 0.717) is 5.75 Å². The highest BCUT2D eigenvalue weighted by atomic mass is 32.2. The van der Waals surface area contributed by atoms with E-state index in [4.69, 9.17) is 9.47 Å². The third-order valence-corrected chi connectivity index (χ3v) is 5.36. The first-order valence-corrected chi connectivity index (χ1v) is 7.20. The maximum atomic E-state index is 12.3. The molecule has 2 amide bonds. The van der Waals surface area contributed by atoms with E-state index in [2.05, 4.69) is 5.32 Å². The van der Waals surface area contributed by atoms with E-state index in [1.807, 2.05) is 0 Å². The number of ether oxygens (including phenoxy) is 2. The number of carbonyl (C=O) groups excluding carboxylic acids is 3. The number of β-lactam (4-membered cyclic amide) rings is 1. The van der Waals surface area contributed by atoms with Crippen molar-refractivity contribution in [2.75, 3.05) is 26.5 Å². The molecule has 2 fully saturated rings. The summed E-state index contributed by atoms with van der Waals surface area (Å²) < 4.78 is 10.0. The predicted molar refractivity (Wildman–Crippen MR) is 71.6 cm³/mol. The van der Waals surface area contributed by atoms with E-state index in [9.17, 15) is 14.4 Å². The molecule has 2 aliphatic heterocycles. The maximum Gasteiger partial charge on any atom is 0.314 e. The molecule has 0 bridgehead atoms. The van der Waals surface area contributed by atoms with Crippen LogP contribution in [0.5, 0.6) is 0 Å². The Morgan fingerprint density at radius 1 is 1.45 bits per heavy atom. The summed E-state index contributed by atoms with van der Waals surface area (Å²) in [4.78, 5) is 36.9. The number of hydrogen-bond donors (Lipinski definition) is 1. The number of methoxy groups -OCH3 is 2. The van der Waals surface area contributed by atoms with Crippen LogP contribution in [0.3, 0.4) is 0 Å². The van der Waals surface area contributed by atoms with Gasteiger partial charge in [0.25, 0.3) is 11.6 Å². The molecule has 3 atom stereocenters. The number of thioether (sulfide) groups is 1. The molecule has 8 heteroatoms. The average molecular weight is 302 g/mol. The average Bonchev–Trinajstić information content (AvgIpc) is 2.43. The van der Waals surface area contributed by atoms with E-state index in [0.717, 1.165) is 0 Å². The van der Waals surface area contributed by atoms with Crippen LogP contribution in [0.1, 0.15) is 13.8 Å². The molecule has 0 aromatic rings. The maximum absolute atomic E-state index is 12.3. The molecule has 1 N–H and O–H groups in total. The van der Waals surface area contributed by atoms with Crippen molar-refractivity contribution in [3.63, 3.8) is 0 Å². The van der Waals surface area contributed by atoms with Gasteiger partial charge in [0.05, 0.1) is 12.5 Å². The molecule has 112 valence electrons. The lowest BCUT2D eigenvalue weighted by molar-refractivity contribution is -0.200. The summed E-state index contributed by atoms with van der Waals surface area (Å²) in [6.45, 7) is 3.37. The summed E-state index contributed by atoms with van der Waals surface area (Å²) in [7, 11) is 2.72. The highest BCUT2D eigenvalue weighted by Gasteiger charge is 2.66. The number of fused-ring (bicyclic) bond motifs is 1. The van der Waals surface area contributed by atoms with Gasteiger partial charge in [-0.3, -0.25) is 14.4 Å². The van der Waals surface area contributed by atoms with E-state index in [1.54, 1.807) is 11.8 Å². The third-order valence-electron chi connectivity index (χ3n) is 3.65. The molecule has 2 aliphatic rings. The molecule has 20 heavy (non-hydrogen) atoms. The van der Waals surface area contributed by atoms with Gasteiger partial charge in [-0.15, -0.1) is 11.8 Å². The number of rotatable bonds is 3. The van der Waals surface area contributed by atoms with Gasteiger partial charge < -0.3 is 19.7 Å². The molecule has 0 saturated carbocycles. The van der Waals surface area contributed by atoms with E-state index >= 15 is 0 Å². The topological polar surface area (TPSA) is 84.9 Å². The number of amides is 2. The highest BCUT2D eigenvalue weighted by molar-refractivity contribution is 8.00. The van der Waals surface area contributed by atoms with Gasteiger partial charge in [-0.1, -0.05) is 0 Å². The van der Waals surface area contributed by atoms with Gasteiger partial charge >= 0.3 is 5.97 Å². The normalized spacial score (nSPS) is 35.9. The molecule has 2 unspecified atom stereocenters. The smallest absolute Gasteiger partial charge is 0.314 e. The SMILES string of the molecule is COC(=O)C1(C)CS[C@H]2N(C1)C(=O)C2(NC(C)=O)OC. The van der Waals surface area contributed by atoms with E-state index in [1.165, 1.54) is 32.9 Å². The first-order chi connectivity index (χ1) is 9.30. The molecule has 2 saturated heterocycles. The molecule has 0 radical (unpaired) electrons. The fourth-order valence-corrected chi connectivity index (χ4v) is 4.19. The molecule has 0 aromatic heterocycles. The zero-order valence-corrected chi connectivity index (χ0v) is 12.7. The van der Waals surface area contributed by atoms with E-state index in [-0.39, 0.29) is 29.7 Å². The van der Waals surface area contributed by atoms with Gasteiger partial charge in [0, 0.05) is 26.3 Å². The van der Waals surface area contributed by atoms with Crippen LogP contribution in [0.25, 0.3) is 0 Å². The number of carbonyl (C=O) groups is 3. The number of esters is 1. The van der Waals surface area contributed by atoms with Crippen LogP contribution in [0.2, 0.25) is 0 Å². The Bertz CT molecular complexity index is 471. The van der Waals surface area contributed by atoms with E-state index < -0.39 is 11.1 Å². The quantitative estimate of drug-likeness (QED) is 0.432. The first kappa shape index (κ1) is 15.1. The van der Waals surface area contributed by atoms with Gasteiger partial charge in [-0.2, -0.15) is 0 Å². The second-order valence-electron chi connectivity index (χ2n) is 5.27. The van der Waals surface area contributed by atoms with Crippen LogP contribution in [0.4, 0.5) is 0 Å². The van der Waals surface area contributed by atoms with Crippen molar-refractivity contribution in [1.82, 2.24) is 10.2 Å². The molecule has 0 spiro atoms. The van der Waals surface area contributed by atoms with Gasteiger partial charge in [0.2, 0.25) is 5.91 Å². The Morgan fingerprint density at radius 2 is 2.10 bits per heavy atom. The fraction of sp³-hybridized carbons (Fsp3) is 0.750. The molecule has 0 aromatic carbocycles. The molecular weight excluding hydrogens is 284 g/mol. The Hall–Kier alpha value is -1.28. The lowest BCUT2D eigenvalue weighted by atomic mass is 9.88. The third kappa shape index (κ3) is 1.98. The molecule has 0 aliphatic carbocycles. The summed E-state index contributed by atoms with van der Waals surface area (Å²) in [5.41, 5.74) is -2.05. The van der Waals surface area contributed by atoms with Crippen LogP contribution >= 0.6 is 11.8 Å². The molecule has 2 rings (SSSR count). The highest BCUT2D eigenvalue weighted by Crippen LogP contribution is 2.47. The minimum atomic E-state index is -1.31. The minimum absolute atomic E-state index is 0.265. The summed E-state index contributed by atoms with van der Waals surface area (Å²) in [6, 6.07) is 0. The monoisotopic (exact) mass is 302 g/mol. The Kier molecular flexibility index (Phi) is 3.72. The lowest BCUT2D eigenvalue weighted by Crippen LogP contribution is -2.82. The molecular formula is C12H18N2O5S. The van der Waals surface area contributed by atoms with Crippen LogP contribution < -0.4 is 5.32 Å². The van der Waals surface area contributed by atoms with Gasteiger partial charge in [-0.25, -0.2) is 0 Å². The second-order valence-corrected chi connectivity index (χ2v) is 6.34. The first-order valence-electron chi connectivity index (χ1n) is 6.16. The van der Waals surface area contributed by atoms with Crippen LogP contribution in [-0.2, 0) is 23.9 Å². The lowest BCUT2D eigenvalue weighted by Gasteiger charge is -2.58. The fourth-order valence-electron chi connectivity index (χ4n) is 2.61. The van der Waals surface area contributed by atoms with Gasteiger partial charge in [0.1, 0.15) is 5.37 Å². The van der Waals surface area contributed by atoms with Crippen LogP contribution in [0.15, 0.2) is 0 Å². The zero-order chi connectivity index (χ0) is 15.1. The van der Waals surface area contributed by atoms with Crippen molar-refractivity contribution in [3.05, 3.63) is 0 Å². The van der Waals surface area contributed by atoms with Crippen molar-refractivity contribution in [2.45, 2.75) is 24.9 Å². The Labute approximate surface area is 121 Å².